The average molecular weight is 301 g/mol. The first kappa shape index (κ1) is 20.9. The van der Waals surface area contributed by atoms with E-state index in [2.05, 4.69) is 13.8 Å². The fraction of sp³-hybridized carbons (Fsp3) is 1.00. The van der Waals surface area contributed by atoms with E-state index in [-0.39, 0.29) is 12.2 Å². The highest BCUT2D eigenvalue weighted by Crippen LogP contribution is 2.14. The predicted molar refractivity (Wildman–Crippen MR) is 92.6 cm³/mol. The first-order valence-electron chi connectivity index (χ1n) is 9.56. The van der Waals surface area contributed by atoms with Gasteiger partial charge in [0.05, 0.1) is 12.2 Å². The Balaban J connectivity index is 3.17. The van der Waals surface area contributed by atoms with Crippen molar-refractivity contribution in [1.82, 2.24) is 0 Å². The molecule has 2 nitrogen and oxygen atoms in total. The van der Waals surface area contributed by atoms with E-state index in [0.29, 0.717) is 0 Å². The van der Waals surface area contributed by atoms with Crippen molar-refractivity contribution in [2.24, 2.45) is 0 Å². The molecule has 2 unspecified atom stereocenters. The molecular weight excluding hydrogens is 260 g/mol. The molecule has 0 aromatic carbocycles. The number of aliphatic hydroxyl groups is 2. The molecule has 0 radical (unpaired) electrons. The highest BCUT2D eigenvalue weighted by Gasteiger charge is 2.04. The lowest BCUT2D eigenvalue weighted by Crippen LogP contribution is -2.06. The Morgan fingerprint density at radius 3 is 1.29 bits per heavy atom. The van der Waals surface area contributed by atoms with Crippen LogP contribution >= 0.6 is 0 Å². The molecule has 2 heteroatoms. The molecule has 0 saturated heterocycles. The van der Waals surface area contributed by atoms with E-state index in [0.717, 1.165) is 32.1 Å². The van der Waals surface area contributed by atoms with Gasteiger partial charge in [0, 0.05) is 0 Å². The van der Waals surface area contributed by atoms with Crippen LogP contribution in [0.1, 0.15) is 110 Å². The highest BCUT2D eigenvalue weighted by molar-refractivity contribution is 4.58. The van der Waals surface area contributed by atoms with Crippen LogP contribution in [0.15, 0.2) is 0 Å². The summed E-state index contributed by atoms with van der Waals surface area (Å²) in [6.45, 7) is 4.35. The van der Waals surface area contributed by atoms with Crippen LogP contribution in [0.2, 0.25) is 0 Å². The van der Waals surface area contributed by atoms with Crippen LogP contribution in [0.4, 0.5) is 0 Å². The van der Waals surface area contributed by atoms with E-state index >= 15 is 0 Å². The summed E-state index contributed by atoms with van der Waals surface area (Å²) in [6.07, 6.45) is 17.3. The van der Waals surface area contributed by atoms with Crippen LogP contribution in [0.3, 0.4) is 0 Å². The second-order valence-corrected chi connectivity index (χ2v) is 6.64. The Kier molecular flexibility index (Phi) is 16.2. The molecule has 0 aliphatic carbocycles. The largest absolute Gasteiger partial charge is 0.393 e. The van der Waals surface area contributed by atoms with Crippen LogP contribution < -0.4 is 0 Å². The van der Waals surface area contributed by atoms with Gasteiger partial charge in [0.2, 0.25) is 0 Å². The van der Waals surface area contributed by atoms with Gasteiger partial charge >= 0.3 is 0 Å². The summed E-state index contributed by atoms with van der Waals surface area (Å²) in [5.41, 5.74) is 0. The van der Waals surface area contributed by atoms with Gasteiger partial charge in [0.15, 0.2) is 0 Å². The van der Waals surface area contributed by atoms with Crippen molar-refractivity contribution in [3.8, 4) is 0 Å². The van der Waals surface area contributed by atoms with E-state index in [1.165, 1.54) is 64.2 Å². The molecule has 0 aromatic rings. The zero-order valence-corrected chi connectivity index (χ0v) is 14.7. The van der Waals surface area contributed by atoms with E-state index in [9.17, 15) is 10.2 Å². The first-order chi connectivity index (χ1) is 10.2. The van der Waals surface area contributed by atoms with Crippen molar-refractivity contribution in [3.05, 3.63) is 0 Å². The monoisotopic (exact) mass is 300 g/mol. The Bertz CT molecular complexity index is 194. The van der Waals surface area contributed by atoms with Crippen LogP contribution in [0.25, 0.3) is 0 Å². The molecule has 0 amide bonds. The van der Waals surface area contributed by atoms with Gasteiger partial charge in [-0.1, -0.05) is 84.5 Å². The van der Waals surface area contributed by atoms with Crippen LogP contribution in [0, 0.1) is 0 Å². The molecule has 0 spiro atoms. The molecule has 0 rings (SSSR count). The molecule has 2 atom stereocenters. The molecule has 2 N–H and O–H groups in total. The third-order valence-electron chi connectivity index (χ3n) is 4.34. The predicted octanol–water partition coefficient (Wildman–Crippen LogP) is 5.60. The van der Waals surface area contributed by atoms with E-state index in [4.69, 9.17) is 0 Å². The van der Waals surface area contributed by atoms with Crippen molar-refractivity contribution in [2.45, 2.75) is 122 Å². The van der Waals surface area contributed by atoms with Gasteiger partial charge in [-0.2, -0.15) is 0 Å². The third-order valence-corrected chi connectivity index (χ3v) is 4.34. The molecule has 0 fully saturated rings. The topological polar surface area (TPSA) is 40.5 Å². The molecule has 128 valence electrons. The van der Waals surface area contributed by atoms with Gasteiger partial charge < -0.3 is 10.2 Å². The van der Waals surface area contributed by atoms with Gasteiger partial charge in [0.1, 0.15) is 0 Å². The lowest BCUT2D eigenvalue weighted by molar-refractivity contribution is 0.146. The molecule has 0 bridgehead atoms. The lowest BCUT2D eigenvalue weighted by atomic mass is 10.0. The van der Waals surface area contributed by atoms with Crippen molar-refractivity contribution >= 4 is 0 Å². The fourth-order valence-electron chi connectivity index (χ4n) is 2.90. The minimum atomic E-state index is -0.0714. The number of hydrogen-bond acceptors (Lipinski definition) is 2. The SMILES string of the molecule is CCCCCCC(O)CCCCCCCCC(O)CCC. The maximum Gasteiger partial charge on any atom is 0.0540 e. The quantitative estimate of drug-likeness (QED) is 0.364. The summed E-state index contributed by atoms with van der Waals surface area (Å²) >= 11 is 0. The fourth-order valence-corrected chi connectivity index (χ4v) is 2.90. The molecule has 0 aromatic heterocycles. The second-order valence-electron chi connectivity index (χ2n) is 6.64. The molecule has 0 heterocycles. The maximum atomic E-state index is 9.87. The Morgan fingerprint density at radius 1 is 0.476 bits per heavy atom. The van der Waals surface area contributed by atoms with Gasteiger partial charge in [-0.3, -0.25) is 0 Å². The zero-order chi connectivity index (χ0) is 15.8. The van der Waals surface area contributed by atoms with Crippen molar-refractivity contribution in [1.29, 1.82) is 0 Å². The molecule has 0 aliphatic rings. The Labute approximate surface area is 133 Å². The average Bonchev–Trinajstić information content (AvgIpc) is 2.46. The Morgan fingerprint density at radius 2 is 0.857 bits per heavy atom. The molecule has 0 aliphatic heterocycles. The van der Waals surface area contributed by atoms with Crippen molar-refractivity contribution in [2.75, 3.05) is 0 Å². The maximum absolute atomic E-state index is 9.87. The minimum absolute atomic E-state index is 0.0638. The standard InChI is InChI=1S/C19H40O2/c1-3-5-6-11-16-19(21)17-13-10-8-7-9-12-15-18(20)14-4-2/h18-21H,3-17H2,1-2H3. The number of rotatable bonds is 16. The number of hydrogen-bond donors (Lipinski definition) is 2. The number of unbranched alkanes of at least 4 members (excludes halogenated alkanes) is 8. The molecule has 21 heavy (non-hydrogen) atoms. The van der Waals surface area contributed by atoms with Gasteiger partial charge in [-0.25, -0.2) is 0 Å². The smallest absolute Gasteiger partial charge is 0.0540 e. The number of aliphatic hydroxyl groups excluding tert-OH is 2. The summed E-state index contributed by atoms with van der Waals surface area (Å²) < 4.78 is 0. The zero-order valence-electron chi connectivity index (χ0n) is 14.7. The lowest BCUT2D eigenvalue weighted by Gasteiger charge is -2.10. The third kappa shape index (κ3) is 16.1. The van der Waals surface area contributed by atoms with Crippen LogP contribution in [0.5, 0.6) is 0 Å². The summed E-state index contributed by atoms with van der Waals surface area (Å²) in [5, 5.41) is 19.5. The van der Waals surface area contributed by atoms with Crippen LogP contribution in [-0.4, -0.2) is 22.4 Å². The van der Waals surface area contributed by atoms with Gasteiger partial charge in [-0.15, -0.1) is 0 Å². The van der Waals surface area contributed by atoms with Crippen molar-refractivity contribution in [3.63, 3.8) is 0 Å². The van der Waals surface area contributed by atoms with Gasteiger partial charge in [-0.05, 0) is 25.7 Å². The Hall–Kier alpha value is -0.0800. The second kappa shape index (κ2) is 16.3. The van der Waals surface area contributed by atoms with E-state index in [1.54, 1.807) is 0 Å². The summed E-state index contributed by atoms with van der Waals surface area (Å²) in [5.74, 6) is 0. The molecule has 0 saturated carbocycles. The molecular formula is C19H40O2. The van der Waals surface area contributed by atoms with E-state index in [1.807, 2.05) is 0 Å². The highest BCUT2D eigenvalue weighted by atomic mass is 16.3. The minimum Gasteiger partial charge on any atom is -0.393 e. The first-order valence-corrected chi connectivity index (χ1v) is 9.56. The normalized spacial score (nSPS) is 14.3. The van der Waals surface area contributed by atoms with E-state index < -0.39 is 0 Å². The van der Waals surface area contributed by atoms with Gasteiger partial charge in [0.25, 0.3) is 0 Å². The van der Waals surface area contributed by atoms with Crippen LogP contribution in [-0.2, 0) is 0 Å². The summed E-state index contributed by atoms with van der Waals surface area (Å²) in [7, 11) is 0. The van der Waals surface area contributed by atoms with Crippen molar-refractivity contribution < 1.29 is 10.2 Å². The summed E-state index contributed by atoms with van der Waals surface area (Å²) in [6, 6.07) is 0. The summed E-state index contributed by atoms with van der Waals surface area (Å²) in [4.78, 5) is 0.